The third-order valence-electron chi connectivity index (χ3n) is 4.85. The lowest BCUT2D eigenvalue weighted by molar-refractivity contribution is -0.118. The number of aromatic amines is 1. The van der Waals surface area contributed by atoms with Crippen molar-refractivity contribution >= 4 is 39.2 Å². The monoisotopic (exact) mass is 436 g/mol. The van der Waals surface area contributed by atoms with Crippen LogP contribution in [-0.2, 0) is 11.2 Å². The first-order valence-corrected chi connectivity index (χ1v) is 10.8. The number of aryl methyl sites for hydroxylation is 1. The number of nitrogens with one attached hydrogen (secondary N) is 3. The van der Waals surface area contributed by atoms with Crippen molar-refractivity contribution in [3.05, 3.63) is 71.0 Å². The van der Waals surface area contributed by atoms with E-state index in [1.165, 1.54) is 36.0 Å². The fraction of sp³-hybridized carbons (Fsp3) is 0.174. The largest absolute Gasteiger partial charge is 0.356 e. The second-order valence-corrected chi connectivity index (χ2v) is 8.02. The molecule has 31 heavy (non-hydrogen) atoms. The summed E-state index contributed by atoms with van der Waals surface area (Å²) in [4.78, 5) is 30.9. The summed E-state index contributed by atoms with van der Waals surface area (Å²) in [6, 6.07) is 14.2. The van der Waals surface area contributed by atoms with Crippen LogP contribution in [0, 0.1) is 5.82 Å². The van der Waals surface area contributed by atoms with Gasteiger partial charge in [-0.05, 0) is 36.6 Å². The first-order valence-electron chi connectivity index (χ1n) is 9.87. The number of anilines is 1. The molecule has 0 atom stereocenters. The van der Waals surface area contributed by atoms with Crippen LogP contribution in [0.2, 0.25) is 0 Å². The molecule has 0 bridgehead atoms. The molecule has 0 saturated heterocycles. The summed E-state index contributed by atoms with van der Waals surface area (Å²) in [7, 11) is 0. The lowest BCUT2D eigenvalue weighted by Crippen LogP contribution is -2.21. The van der Waals surface area contributed by atoms with Gasteiger partial charge in [0.25, 0.3) is 5.91 Å². The van der Waals surface area contributed by atoms with Crippen molar-refractivity contribution in [3.8, 4) is 11.3 Å². The Morgan fingerprint density at radius 3 is 2.71 bits per heavy atom. The average Bonchev–Trinajstić information content (AvgIpc) is 3.39. The van der Waals surface area contributed by atoms with E-state index >= 15 is 0 Å². The van der Waals surface area contributed by atoms with E-state index < -0.39 is 0 Å². The summed E-state index contributed by atoms with van der Waals surface area (Å²) in [5, 5.41) is 8.29. The lowest BCUT2D eigenvalue weighted by atomic mass is 10.1. The van der Waals surface area contributed by atoms with Gasteiger partial charge in [-0.3, -0.25) is 14.9 Å². The van der Waals surface area contributed by atoms with E-state index in [1.54, 1.807) is 12.1 Å². The van der Waals surface area contributed by atoms with Crippen LogP contribution < -0.4 is 10.6 Å². The molecule has 0 spiro atoms. The number of amides is 2. The molecular formula is C23H21FN4O2S. The number of H-pyrrole nitrogens is 1. The van der Waals surface area contributed by atoms with Crippen LogP contribution in [0.25, 0.3) is 22.2 Å². The Hall–Kier alpha value is -3.52. The maximum atomic E-state index is 13.8. The molecule has 0 saturated carbocycles. The summed E-state index contributed by atoms with van der Waals surface area (Å²) in [5.74, 6) is -0.757. The van der Waals surface area contributed by atoms with Crippen LogP contribution in [0.15, 0.2) is 53.9 Å². The molecule has 0 unspecified atom stereocenters. The molecule has 2 aromatic carbocycles. The molecule has 4 aromatic rings. The number of hydrogen-bond donors (Lipinski definition) is 3. The van der Waals surface area contributed by atoms with E-state index in [2.05, 4.69) is 20.6 Å². The van der Waals surface area contributed by atoms with Crippen molar-refractivity contribution in [1.82, 2.24) is 15.3 Å². The van der Waals surface area contributed by atoms with Crippen LogP contribution >= 0.6 is 11.3 Å². The molecule has 158 valence electrons. The van der Waals surface area contributed by atoms with Gasteiger partial charge in [0.15, 0.2) is 5.13 Å². The smallest absolute Gasteiger partial charge is 0.273 e. The van der Waals surface area contributed by atoms with Gasteiger partial charge in [-0.1, -0.05) is 30.3 Å². The van der Waals surface area contributed by atoms with Crippen LogP contribution in [-0.4, -0.2) is 28.3 Å². The summed E-state index contributed by atoms with van der Waals surface area (Å²) in [6.45, 7) is 2.18. The summed E-state index contributed by atoms with van der Waals surface area (Å²) in [6.07, 6.45) is 1.76. The molecule has 0 aliphatic heterocycles. The Morgan fingerprint density at radius 1 is 1.16 bits per heavy atom. The van der Waals surface area contributed by atoms with Gasteiger partial charge in [0, 0.05) is 35.3 Å². The van der Waals surface area contributed by atoms with Crippen molar-refractivity contribution in [1.29, 1.82) is 0 Å². The van der Waals surface area contributed by atoms with Crippen molar-refractivity contribution in [2.24, 2.45) is 0 Å². The predicted octanol–water partition coefficient (Wildman–Crippen LogP) is 4.75. The van der Waals surface area contributed by atoms with Crippen LogP contribution in [0.5, 0.6) is 0 Å². The number of thiazole rings is 1. The van der Waals surface area contributed by atoms with E-state index in [0.717, 1.165) is 24.1 Å². The maximum absolute atomic E-state index is 13.8. The zero-order chi connectivity index (χ0) is 21.8. The molecule has 2 aromatic heterocycles. The van der Waals surface area contributed by atoms with Crippen molar-refractivity contribution in [2.45, 2.75) is 19.8 Å². The van der Waals surface area contributed by atoms with E-state index in [0.29, 0.717) is 22.6 Å². The van der Waals surface area contributed by atoms with Gasteiger partial charge in [-0.25, -0.2) is 9.37 Å². The first-order chi connectivity index (χ1) is 15.0. The number of benzene rings is 2. The highest BCUT2D eigenvalue weighted by Crippen LogP contribution is 2.26. The highest BCUT2D eigenvalue weighted by atomic mass is 32.1. The van der Waals surface area contributed by atoms with Gasteiger partial charge in [0.1, 0.15) is 11.5 Å². The number of halogens is 1. The highest BCUT2D eigenvalue weighted by Gasteiger charge is 2.14. The molecule has 3 N–H and O–H groups in total. The Morgan fingerprint density at radius 2 is 1.97 bits per heavy atom. The topological polar surface area (TPSA) is 86.9 Å². The van der Waals surface area contributed by atoms with E-state index in [1.807, 2.05) is 29.6 Å². The van der Waals surface area contributed by atoms with Gasteiger partial charge in [0.05, 0.1) is 5.69 Å². The first kappa shape index (κ1) is 20.7. The zero-order valence-corrected chi connectivity index (χ0v) is 17.7. The Balaban J connectivity index is 1.39. The SMILES string of the molecule is CC(=O)NCCCc1ccc(-c2csc(NC(=O)c3cc4c(F)cccc4[nH]3)n2)cc1. The second-order valence-electron chi connectivity index (χ2n) is 7.16. The molecule has 4 rings (SSSR count). The summed E-state index contributed by atoms with van der Waals surface area (Å²) < 4.78 is 13.8. The minimum absolute atomic E-state index is 0.0153. The number of nitrogens with zero attached hydrogens (tertiary/aromatic N) is 1. The Bertz CT molecular complexity index is 1230. The Kier molecular flexibility index (Phi) is 6.08. The van der Waals surface area contributed by atoms with Crippen LogP contribution in [0.4, 0.5) is 9.52 Å². The fourth-order valence-electron chi connectivity index (χ4n) is 3.27. The fourth-order valence-corrected chi connectivity index (χ4v) is 3.98. The van der Waals surface area contributed by atoms with Crippen molar-refractivity contribution in [3.63, 3.8) is 0 Å². The number of rotatable bonds is 7. The van der Waals surface area contributed by atoms with Crippen LogP contribution in [0.1, 0.15) is 29.4 Å². The van der Waals surface area contributed by atoms with Gasteiger partial charge in [0.2, 0.25) is 5.91 Å². The van der Waals surface area contributed by atoms with Crippen molar-refractivity contribution in [2.75, 3.05) is 11.9 Å². The third kappa shape index (κ3) is 4.97. The van der Waals surface area contributed by atoms with Gasteiger partial charge in [-0.2, -0.15) is 0 Å². The number of carbonyl (C=O) groups excluding carboxylic acids is 2. The molecule has 2 amide bonds. The minimum atomic E-state index is -0.372. The second kappa shape index (κ2) is 9.09. The van der Waals surface area contributed by atoms with E-state index in [4.69, 9.17) is 0 Å². The quantitative estimate of drug-likeness (QED) is 0.365. The predicted molar refractivity (Wildman–Crippen MR) is 121 cm³/mol. The van der Waals surface area contributed by atoms with Gasteiger partial charge in [-0.15, -0.1) is 11.3 Å². The number of hydrogen-bond acceptors (Lipinski definition) is 4. The van der Waals surface area contributed by atoms with Crippen LogP contribution in [0.3, 0.4) is 0 Å². The zero-order valence-electron chi connectivity index (χ0n) is 16.9. The molecule has 0 aliphatic carbocycles. The summed E-state index contributed by atoms with van der Waals surface area (Å²) in [5.41, 5.74) is 3.76. The standard InChI is InChI=1S/C23H21FN4O2S/c1-14(29)25-11-3-4-15-7-9-16(10-8-15)21-13-31-23(27-21)28-22(30)20-12-17-18(24)5-2-6-19(17)26-20/h2,5-10,12-13,26H,3-4,11H2,1H3,(H,25,29)(H,27,28,30). The number of carbonyl (C=O) groups is 2. The minimum Gasteiger partial charge on any atom is -0.356 e. The Labute approximate surface area is 182 Å². The van der Waals surface area contributed by atoms with Gasteiger partial charge >= 0.3 is 0 Å². The summed E-state index contributed by atoms with van der Waals surface area (Å²) >= 11 is 1.33. The van der Waals surface area contributed by atoms with E-state index in [9.17, 15) is 14.0 Å². The molecule has 8 heteroatoms. The van der Waals surface area contributed by atoms with Gasteiger partial charge < -0.3 is 10.3 Å². The van der Waals surface area contributed by atoms with Crippen molar-refractivity contribution < 1.29 is 14.0 Å². The molecule has 6 nitrogen and oxygen atoms in total. The third-order valence-corrected chi connectivity index (χ3v) is 5.60. The number of fused-ring (bicyclic) bond motifs is 1. The number of aromatic nitrogens is 2. The average molecular weight is 437 g/mol. The lowest BCUT2D eigenvalue weighted by Gasteiger charge is -2.04. The molecule has 2 heterocycles. The molecule has 0 fully saturated rings. The normalized spacial score (nSPS) is 10.9. The highest BCUT2D eigenvalue weighted by molar-refractivity contribution is 7.14. The maximum Gasteiger partial charge on any atom is 0.273 e. The molecule has 0 aliphatic rings. The molecule has 0 radical (unpaired) electrons. The van der Waals surface area contributed by atoms with E-state index in [-0.39, 0.29) is 23.3 Å². The molecular weight excluding hydrogens is 415 g/mol.